The van der Waals surface area contributed by atoms with Gasteiger partial charge in [-0.15, -0.1) is 22.7 Å². The summed E-state index contributed by atoms with van der Waals surface area (Å²) >= 11 is 3.74. The molecule has 0 aliphatic heterocycles. The molecule has 50 heavy (non-hydrogen) atoms. The van der Waals surface area contributed by atoms with Gasteiger partial charge in [-0.05, 0) is 105 Å². The van der Waals surface area contributed by atoms with Crippen LogP contribution in [0.25, 0.3) is 74.0 Å². The third-order valence-corrected chi connectivity index (χ3v) is 12.5. The molecule has 2 aromatic heterocycles. The molecule has 0 spiro atoms. The molecule has 0 atom stereocenters. The molecule has 0 saturated heterocycles. The number of aromatic nitrogens is 2. The monoisotopic (exact) mass is 688 g/mol. The Labute approximate surface area is 303 Å². The van der Waals surface area contributed by atoms with E-state index in [1.165, 1.54) is 127 Å². The van der Waals surface area contributed by atoms with Gasteiger partial charge in [-0.25, -0.2) is 9.97 Å². The van der Waals surface area contributed by atoms with E-state index < -0.39 is 0 Å². The van der Waals surface area contributed by atoms with Gasteiger partial charge in [0, 0.05) is 11.1 Å². The minimum atomic E-state index is 1.01. The number of nitrogens with zero attached hydrogens (tertiary/aromatic N) is 2. The zero-order valence-corrected chi connectivity index (χ0v) is 30.8. The molecule has 0 amide bonds. The molecule has 0 fully saturated rings. The summed E-state index contributed by atoms with van der Waals surface area (Å²) in [6.07, 6.45) is 11.9. The molecule has 8 rings (SSSR count). The van der Waals surface area contributed by atoms with Crippen molar-refractivity contribution in [2.75, 3.05) is 0 Å². The first-order chi connectivity index (χ1) is 24.7. The fourth-order valence-corrected chi connectivity index (χ4v) is 9.62. The SMILES string of the molecule is CCCCCCc1nc(-c2ccc3cc4ccccc4cc3c2)sc1-c1sc(-c2ccc3cc4ccccc4cc3c2)nc1CCCCCC. The summed E-state index contributed by atoms with van der Waals surface area (Å²) in [7, 11) is 0. The van der Waals surface area contributed by atoms with Crippen molar-refractivity contribution in [2.24, 2.45) is 0 Å². The van der Waals surface area contributed by atoms with E-state index in [2.05, 4.69) is 123 Å². The lowest BCUT2D eigenvalue weighted by Gasteiger charge is -2.04. The van der Waals surface area contributed by atoms with Crippen molar-refractivity contribution in [3.05, 3.63) is 121 Å². The van der Waals surface area contributed by atoms with E-state index in [-0.39, 0.29) is 0 Å². The maximum Gasteiger partial charge on any atom is 0.124 e. The Kier molecular flexibility index (Phi) is 9.74. The second-order valence-electron chi connectivity index (χ2n) is 13.7. The standard InChI is InChI=1S/C46H44N2S2/c1-3-5-7-9-19-41-43(49-45(47-41)37-23-21-35-25-31-15-11-13-17-33(31)27-39(35)29-37)44-42(20-10-8-6-4-2)48-46(50-44)38-24-22-36-26-32-16-12-14-18-34(32)28-40(36)30-38/h11-18,21-30H,3-10,19-20H2,1-2H3. The molecule has 0 bridgehead atoms. The number of fused-ring (bicyclic) bond motifs is 4. The third kappa shape index (κ3) is 6.84. The van der Waals surface area contributed by atoms with Gasteiger partial charge < -0.3 is 0 Å². The van der Waals surface area contributed by atoms with Crippen LogP contribution in [0.4, 0.5) is 0 Å². The Morgan fingerprint density at radius 2 is 0.780 bits per heavy atom. The molecule has 4 heteroatoms. The van der Waals surface area contributed by atoms with Crippen molar-refractivity contribution in [1.29, 1.82) is 0 Å². The summed E-state index contributed by atoms with van der Waals surface area (Å²) in [4.78, 5) is 13.5. The molecule has 0 aliphatic carbocycles. The Morgan fingerprint density at radius 3 is 1.18 bits per heavy atom. The number of rotatable bonds is 13. The van der Waals surface area contributed by atoms with E-state index in [0.717, 1.165) is 22.9 Å². The average Bonchev–Trinajstić information content (AvgIpc) is 3.77. The van der Waals surface area contributed by atoms with Crippen molar-refractivity contribution in [3.63, 3.8) is 0 Å². The maximum atomic E-state index is 5.42. The highest BCUT2D eigenvalue weighted by molar-refractivity contribution is 7.25. The van der Waals surface area contributed by atoms with E-state index in [1.54, 1.807) is 0 Å². The molecule has 6 aromatic carbocycles. The van der Waals surface area contributed by atoms with Crippen molar-refractivity contribution in [1.82, 2.24) is 9.97 Å². The fourth-order valence-electron chi connectivity index (χ4n) is 7.23. The first kappa shape index (κ1) is 32.8. The van der Waals surface area contributed by atoms with Gasteiger partial charge >= 0.3 is 0 Å². The van der Waals surface area contributed by atoms with E-state index >= 15 is 0 Å². The molecule has 0 aliphatic rings. The van der Waals surface area contributed by atoms with Gasteiger partial charge in [0.25, 0.3) is 0 Å². The van der Waals surface area contributed by atoms with Gasteiger partial charge in [-0.2, -0.15) is 0 Å². The molecule has 8 aromatic rings. The van der Waals surface area contributed by atoms with Crippen LogP contribution in [0.15, 0.2) is 109 Å². The second-order valence-corrected chi connectivity index (χ2v) is 15.7. The summed E-state index contributed by atoms with van der Waals surface area (Å²) in [5.74, 6) is 0. The summed E-state index contributed by atoms with van der Waals surface area (Å²) < 4.78 is 0. The third-order valence-electron chi connectivity index (χ3n) is 10.0. The van der Waals surface area contributed by atoms with Crippen LogP contribution in [0.1, 0.15) is 76.6 Å². The number of hydrogen-bond donors (Lipinski definition) is 0. The number of benzene rings is 6. The summed E-state index contributed by atoms with van der Waals surface area (Å²) in [6, 6.07) is 40.3. The number of hydrogen-bond acceptors (Lipinski definition) is 4. The minimum absolute atomic E-state index is 1.01. The lowest BCUT2D eigenvalue weighted by molar-refractivity contribution is 0.661. The first-order valence-electron chi connectivity index (χ1n) is 18.5. The Morgan fingerprint density at radius 1 is 0.400 bits per heavy atom. The number of unbranched alkanes of at least 4 members (excludes halogenated alkanes) is 6. The second kappa shape index (κ2) is 14.8. The predicted molar refractivity (Wildman–Crippen MR) is 220 cm³/mol. The van der Waals surface area contributed by atoms with Crippen LogP contribution >= 0.6 is 22.7 Å². The van der Waals surface area contributed by atoms with Crippen molar-refractivity contribution < 1.29 is 0 Å². The zero-order valence-electron chi connectivity index (χ0n) is 29.2. The summed E-state index contributed by atoms with van der Waals surface area (Å²) in [6.45, 7) is 4.57. The molecule has 2 nitrogen and oxygen atoms in total. The van der Waals surface area contributed by atoms with Crippen LogP contribution in [0.2, 0.25) is 0 Å². The van der Waals surface area contributed by atoms with Crippen molar-refractivity contribution in [2.45, 2.75) is 78.1 Å². The fraction of sp³-hybridized carbons (Fsp3) is 0.261. The average molecular weight is 689 g/mol. The van der Waals surface area contributed by atoms with Gasteiger partial charge in [0.05, 0.1) is 21.1 Å². The highest BCUT2D eigenvalue weighted by Crippen LogP contribution is 2.44. The Bertz CT molecular complexity index is 2260. The van der Waals surface area contributed by atoms with Crippen LogP contribution in [-0.2, 0) is 12.8 Å². The zero-order chi connectivity index (χ0) is 33.9. The van der Waals surface area contributed by atoms with Gasteiger partial charge in [0.1, 0.15) is 10.0 Å². The molecule has 0 saturated carbocycles. The summed E-state index contributed by atoms with van der Waals surface area (Å²) in [5, 5.41) is 12.4. The smallest absolute Gasteiger partial charge is 0.124 e. The molecule has 2 heterocycles. The topological polar surface area (TPSA) is 25.8 Å². The Balaban J connectivity index is 1.21. The lowest BCUT2D eigenvalue weighted by Crippen LogP contribution is -1.93. The van der Waals surface area contributed by atoms with Crippen LogP contribution in [0.5, 0.6) is 0 Å². The highest BCUT2D eigenvalue weighted by Gasteiger charge is 2.22. The van der Waals surface area contributed by atoms with Crippen LogP contribution in [0, 0.1) is 0 Å². The quantitative estimate of drug-likeness (QED) is 0.0890. The van der Waals surface area contributed by atoms with Gasteiger partial charge in [0.15, 0.2) is 0 Å². The predicted octanol–water partition coefficient (Wildman–Crippen LogP) is 14.5. The maximum absolute atomic E-state index is 5.42. The molecule has 0 radical (unpaired) electrons. The summed E-state index contributed by atoms with van der Waals surface area (Å²) in [5.41, 5.74) is 4.90. The van der Waals surface area contributed by atoms with Crippen LogP contribution in [0.3, 0.4) is 0 Å². The number of aryl methyl sites for hydroxylation is 2. The first-order valence-corrected chi connectivity index (χ1v) is 20.2. The molecular weight excluding hydrogens is 645 g/mol. The van der Waals surface area contributed by atoms with E-state index in [1.807, 2.05) is 22.7 Å². The molecule has 0 unspecified atom stereocenters. The van der Waals surface area contributed by atoms with Crippen molar-refractivity contribution >= 4 is 65.8 Å². The number of thiazole rings is 2. The van der Waals surface area contributed by atoms with E-state index in [0.29, 0.717) is 0 Å². The highest BCUT2D eigenvalue weighted by atomic mass is 32.1. The van der Waals surface area contributed by atoms with E-state index in [9.17, 15) is 0 Å². The molecule has 250 valence electrons. The van der Waals surface area contributed by atoms with Gasteiger partial charge in [-0.3, -0.25) is 0 Å². The van der Waals surface area contributed by atoms with Gasteiger partial charge in [0.2, 0.25) is 0 Å². The van der Waals surface area contributed by atoms with Gasteiger partial charge in [-0.1, -0.05) is 125 Å². The van der Waals surface area contributed by atoms with Crippen LogP contribution < -0.4 is 0 Å². The van der Waals surface area contributed by atoms with Crippen LogP contribution in [-0.4, -0.2) is 9.97 Å². The Hall–Kier alpha value is -4.38. The lowest BCUT2D eigenvalue weighted by atomic mass is 10.0. The normalized spacial score (nSPS) is 11.8. The largest absolute Gasteiger partial charge is 0.240 e. The minimum Gasteiger partial charge on any atom is -0.240 e. The molecule has 0 N–H and O–H groups in total. The van der Waals surface area contributed by atoms with Crippen molar-refractivity contribution in [3.8, 4) is 30.9 Å². The van der Waals surface area contributed by atoms with E-state index in [4.69, 9.17) is 9.97 Å². The molecular formula is C46H44N2S2.